The van der Waals surface area contributed by atoms with Crippen molar-refractivity contribution in [2.45, 2.75) is 19.4 Å². The number of fused-ring (bicyclic) bond motifs is 1. The van der Waals surface area contributed by atoms with E-state index in [0.717, 1.165) is 0 Å². The molecule has 0 bridgehead atoms. The number of ether oxygens (including phenoxy) is 3. The van der Waals surface area contributed by atoms with E-state index in [1.54, 1.807) is 18.2 Å². The number of anilines is 1. The fourth-order valence-corrected chi connectivity index (χ4v) is 2.76. The molecule has 1 unspecified atom stereocenters. The number of nitrogens with zero attached hydrogens (tertiary/aromatic N) is 1. The van der Waals surface area contributed by atoms with Gasteiger partial charge in [-0.15, -0.1) is 0 Å². The van der Waals surface area contributed by atoms with Crippen LogP contribution in [0.25, 0.3) is 0 Å². The van der Waals surface area contributed by atoms with Gasteiger partial charge in [0, 0.05) is 18.3 Å². The Balaban J connectivity index is 1.63. The lowest BCUT2D eigenvalue weighted by molar-refractivity contribution is -0.158. The predicted octanol–water partition coefficient (Wildman–Crippen LogP) is 1.03. The highest BCUT2D eigenvalue weighted by Gasteiger charge is 2.32. The third-order valence-corrected chi connectivity index (χ3v) is 3.95. The molecule has 7 nitrogen and oxygen atoms in total. The van der Waals surface area contributed by atoms with Gasteiger partial charge in [-0.3, -0.25) is 14.5 Å². The fourth-order valence-electron chi connectivity index (χ4n) is 2.76. The molecule has 1 aromatic carbocycles. The zero-order valence-electron chi connectivity index (χ0n) is 13.0. The number of rotatable bonds is 4. The van der Waals surface area contributed by atoms with E-state index in [9.17, 15) is 9.59 Å². The molecule has 0 radical (unpaired) electrons. The van der Waals surface area contributed by atoms with E-state index in [4.69, 9.17) is 14.2 Å². The van der Waals surface area contributed by atoms with Crippen LogP contribution >= 0.6 is 0 Å². The number of carbonyl (C=O) groups is 2. The second-order valence-corrected chi connectivity index (χ2v) is 5.42. The van der Waals surface area contributed by atoms with E-state index < -0.39 is 6.04 Å². The average Bonchev–Trinajstić information content (AvgIpc) is 2.56. The molecule has 7 heteroatoms. The number of hydrogen-bond donors (Lipinski definition) is 1. The van der Waals surface area contributed by atoms with E-state index in [0.29, 0.717) is 50.1 Å². The zero-order chi connectivity index (χ0) is 16.2. The van der Waals surface area contributed by atoms with Crippen LogP contribution in [0.1, 0.15) is 13.3 Å². The molecule has 1 N–H and O–H groups in total. The Morgan fingerprint density at radius 1 is 1.22 bits per heavy atom. The highest BCUT2D eigenvalue weighted by Crippen LogP contribution is 2.32. The van der Waals surface area contributed by atoms with Crippen molar-refractivity contribution >= 4 is 17.6 Å². The van der Waals surface area contributed by atoms with Crippen molar-refractivity contribution in [3.8, 4) is 11.5 Å². The van der Waals surface area contributed by atoms with Gasteiger partial charge in [-0.1, -0.05) is 6.92 Å². The van der Waals surface area contributed by atoms with Gasteiger partial charge in [0.25, 0.3) is 0 Å². The maximum Gasteiger partial charge on any atom is 0.323 e. The van der Waals surface area contributed by atoms with E-state index in [-0.39, 0.29) is 18.3 Å². The number of cyclic esters (lactones) is 1. The Bertz CT molecular complexity index is 604. The molecule has 0 aliphatic carbocycles. The van der Waals surface area contributed by atoms with Gasteiger partial charge in [0.1, 0.15) is 25.9 Å². The Morgan fingerprint density at radius 3 is 2.78 bits per heavy atom. The first-order valence-corrected chi connectivity index (χ1v) is 7.77. The highest BCUT2D eigenvalue weighted by molar-refractivity contribution is 5.94. The van der Waals surface area contributed by atoms with Crippen molar-refractivity contribution in [2.75, 3.05) is 38.2 Å². The van der Waals surface area contributed by atoms with Crippen molar-refractivity contribution in [3.63, 3.8) is 0 Å². The minimum Gasteiger partial charge on any atom is -0.486 e. The van der Waals surface area contributed by atoms with Crippen LogP contribution in [0.3, 0.4) is 0 Å². The molecular weight excluding hydrogens is 300 g/mol. The highest BCUT2D eigenvalue weighted by atomic mass is 16.6. The number of morpholine rings is 1. The number of amides is 1. The molecule has 1 atom stereocenters. The molecule has 0 spiro atoms. The Labute approximate surface area is 134 Å². The predicted molar refractivity (Wildman–Crippen MR) is 82.7 cm³/mol. The molecule has 1 fully saturated rings. The summed E-state index contributed by atoms with van der Waals surface area (Å²) in [6, 6.07) is 4.72. The summed E-state index contributed by atoms with van der Waals surface area (Å²) in [4.78, 5) is 26.1. The number of benzene rings is 1. The van der Waals surface area contributed by atoms with Gasteiger partial charge in [-0.25, -0.2) is 0 Å². The lowest BCUT2D eigenvalue weighted by atomic mass is 10.1. The maximum atomic E-state index is 12.2. The van der Waals surface area contributed by atoms with Gasteiger partial charge in [-0.05, 0) is 18.7 Å². The Hall–Kier alpha value is -2.28. The number of nitrogens with one attached hydrogen (secondary N) is 1. The monoisotopic (exact) mass is 320 g/mol. The van der Waals surface area contributed by atoms with Gasteiger partial charge in [0.2, 0.25) is 5.91 Å². The summed E-state index contributed by atoms with van der Waals surface area (Å²) < 4.78 is 16.0. The molecule has 2 heterocycles. The van der Waals surface area contributed by atoms with Crippen molar-refractivity contribution in [1.82, 2.24) is 4.90 Å². The molecule has 23 heavy (non-hydrogen) atoms. The summed E-state index contributed by atoms with van der Waals surface area (Å²) >= 11 is 0. The second-order valence-electron chi connectivity index (χ2n) is 5.42. The van der Waals surface area contributed by atoms with Crippen molar-refractivity contribution in [1.29, 1.82) is 0 Å². The molecule has 1 amide bonds. The molecule has 0 aromatic heterocycles. The summed E-state index contributed by atoms with van der Waals surface area (Å²) in [5.74, 6) is 0.711. The van der Waals surface area contributed by atoms with Crippen LogP contribution in [-0.2, 0) is 14.3 Å². The number of hydrogen-bond acceptors (Lipinski definition) is 6. The van der Waals surface area contributed by atoms with Crippen LogP contribution in [0.4, 0.5) is 5.69 Å². The minimum absolute atomic E-state index is 0.0706. The van der Waals surface area contributed by atoms with Crippen molar-refractivity contribution < 1.29 is 23.8 Å². The van der Waals surface area contributed by atoms with Gasteiger partial charge < -0.3 is 19.5 Å². The maximum absolute atomic E-state index is 12.2. The van der Waals surface area contributed by atoms with Gasteiger partial charge in [-0.2, -0.15) is 0 Å². The first kappa shape index (κ1) is 15.6. The van der Waals surface area contributed by atoms with E-state index >= 15 is 0 Å². The number of esters is 1. The molecule has 2 aliphatic rings. The van der Waals surface area contributed by atoms with Crippen LogP contribution < -0.4 is 14.8 Å². The van der Waals surface area contributed by atoms with Gasteiger partial charge >= 0.3 is 5.97 Å². The Morgan fingerprint density at radius 2 is 2.00 bits per heavy atom. The molecule has 1 saturated heterocycles. The Kier molecular flexibility index (Phi) is 4.66. The minimum atomic E-state index is -0.522. The van der Waals surface area contributed by atoms with Crippen LogP contribution in [-0.4, -0.2) is 55.7 Å². The van der Waals surface area contributed by atoms with E-state index in [2.05, 4.69) is 5.32 Å². The SMILES string of the molecule is CCN1CCOC(=O)C1CC(=O)Nc1ccc2c(c1)OCCO2. The molecule has 2 aliphatic heterocycles. The largest absolute Gasteiger partial charge is 0.486 e. The summed E-state index contributed by atoms with van der Waals surface area (Å²) in [6.45, 7) is 4.72. The van der Waals surface area contributed by atoms with Crippen LogP contribution in [0.5, 0.6) is 11.5 Å². The van der Waals surface area contributed by atoms with Gasteiger partial charge in [0.05, 0.1) is 6.42 Å². The normalized spacial score (nSPS) is 20.7. The fraction of sp³-hybridized carbons (Fsp3) is 0.500. The van der Waals surface area contributed by atoms with Crippen LogP contribution in [0.2, 0.25) is 0 Å². The summed E-state index contributed by atoms with van der Waals surface area (Å²) in [6.07, 6.45) is 0.0706. The topological polar surface area (TPSA) is 77.1 Å². The molecular formula is C16H20N2O5. The molecule has 0 saturated carbocycles. The zero-order valence-corrected chi connectivity index (χ0v) is 13.0. The number of likely N-dealkylation sites (N-methyl/N-ethyl adjacent to an activating group) is 1. The second kappa shape index (κ2) is 6.87. The standard InChI is InChI=1S/C16H20N2O5/c1-2-18-5-6-23-16(20)12(18)10-15(19)17-11-3-4-13-14(9-11)22-8-7-21-13/h3-4,9,12H,2,5-8,10H2,1H3,(H,17,19). The van der Waals surface area contributed by atoms with Crippen molar-refractivity contribution in [3.05, 3.63) is 18.2 Å². The smallest absolute Gasteiger partial charge is 0.323 e. The lowest BCUT2D eigenvalue weighted by Gasteiger charge is -2.32. The van der Waals surface area contributed by atoms with Crippen LogP contribution in [0.15, 0.2) is 18.2 Å². The first-order valence-electron chi connectivity index (χ1n) is 7.77. The summed E-state index contributed by atoms with van der Waals surface area (Å²) in [7, 11) is 0. The molecule has 124 valence electrons. The van der Waals surface area contributed by atoms with E-state index in [1.807, 2.05) is 11.8 Å². The van der Waals surface area contributed by atoms with Crippen molar-refractivity contribution in [2.24, 2.45) is 0 Å². The first-order chi connectivity index (χ1) is 11.2. The summed E-state index contributed by atoms with van der Waals surface area (Å²) in [5.41, 5.74) is 0.617. The third kappa shape index (κ3) is 3.56. The van der Waals surface area contributed by atoms with Crippen LogP contribution in [0, 0.1) is 0 Å². The molecule has 1 aromatic rings. The third-order valence-electron chi connectivity index (χ3n) is 3.95. The summed E-state index contributed by atoms with van der Waals surface area (Å²) in [5, 5.41) is 2.80. The molecule has 3 rings (SSSR count). The number of carbonyl (C=O) groups excluding carboxylic acids is 2. The van der Waals surface area contributed by atoms with E-state index in [1.165, 1.54) is 0 Å². The lowest BCUT2D eigenvalue weighted by Crippen LogP contribution is -2.50. The van der Waals surface area contributed by atoms with Gasteiger partial charge in [0.15, 0.2) is 11.5 Å². The quantitative estimate of drug-likeness (QED) is 0.835. The average molecular weight is 320 g/mol.